The zero-order chi connectivity index (χ0) is 10.7. The smallest absolute Gasteiger partial charge is 0.130 e. The van der Waals surface area contributed by atoms with Crippen molar-refractivity contribution in [1.82, 2.24) is 0 Å². The van der Waals surface area contributed by atoms with E-state index in [1.807, 2.05) is 24.3 Å². The van der Waals surface area contributed by atoms with Crippen molar-refractivity contribution in [1.29, 1.82) is 0 Å². The molecule has 0 saturated heterocycles. The molecule has 2 heteroatoms. The lowest BCUT2D eigenvalue weighted by Crippen LogP contribution is -2.31. The van der Waals surface area contributed by atoms with Gasteiger partial charge in [0.25, 0.3) is 0 Å². The molecule has 0 aliphatic heterocycles. The maximum absolute atomic E-state index is 11.4. The van der Waals surface area contributed by atoms with Crippen molar-refractivity contribution in [2.45, 2.75) is 37.5 Å². The van der Waals surface area contributed by atoms with Crippen LogP contribution in [-0.4, -0.2) is 6.29 Å². The molecule has 1 fully saturated rings. The van der Waals surface area contributed by atoms with Gasteiger partial charge in [0.15, 0.2) is 0 Å². The molecule has 1 saturated carbocycles. The van der Waals surface area contributed by atoms with Gasteiger partial charge in [0.2, 0.25) is 0 Å². The lowest BCUT2D eigenvalue weighted by Gasteiger charge is -2.33. The van der Waals surface area contributed by atoms with Crippen molar-refractivity contribution in [2.75, 3.05) is 5.73 Å². The zero-order valence-corrected chi connectivity index (χ0v) is 8.91. The van der Waals surface area contributed by atoms with Crippen LogP contribution in [0.1, 0.15) is 37.7 Å². The van der Waals surface area contributed by atoms with E-state index >= 15 is 0 Å². The Morgan fingerprint density at radius 1 is 1.13 bits per heavy atom. The summed E-state index contributed by atoms with van der Waals surface area (Å²) in [4.78, 5) is 11.4. The molecule has 1 aromatic carbocycles. The highest BCUT2D eigenvalue weighted by atomic mass is 16.1. The Morgan fingerprint density at radius 2 is 1.80 bits per heavy atom. The number of rotatable bonds is 2. The Hall–Kier alpha value is -1.31. The standard InChI is InChI=1S/C13H17NO/c14-12-7-3-2-6-11(12)13(10-15)8-4-1-5-9-13/h2-3,6-7,10H,1,4-5,8-9,14H2. The summed E-state index contributed by atoms with van der Waals surface area (Å²) >= 11 is 0. The number of aldehydes is 1. The molecular formula is C13H17NO. The van der Waals surface area contributed by atoms with Gasteiger partial charge in [-0.25, -0.2) is 0 Å². The summed E-state index contributed by atoms with van der Waals surface area (Å²) < 4.78 is 0. The number of carbonyl (C=O) groups excluding carboxylic acids is 1. The van der Waals surface area contributed by atoms with Crippen LogP contribution in [0.15, 0.2) is 24.3 Å². The van der Waals surface area contributed by atoms with Crippen molar-refractivity contribution >= 4 is 12.0 Å². The van der Waals surface area contributed by atoms with E-state index < -0.39 is 0 Å². The molecule has 0 heterocycles. The van der Waals surface area contributed by atoms with E-state index in [4.69, 9.17) is 5.73 Å². The summed E-state index contributed by atoms with van der Waals surface area (Å²) in [5.41, 5.74) is 7.43. The topological polar surface area (TPSA) is 43.1 Å². The van der Waals surface area contributed by atoms with Crippen LogP contribution in [0.2, 0.25) is 0 Å². The van der Waals surface area contributed by atoms with E-state index in [-0.39, 0.29) is 5.41 Å². The van der Waals surface area contributed by atoms with Crippen molar-refractivity contribution in [3.8, 4) is 0 Å². The summed E-state index contributed by atoms with van der Waals surface area (Å²) in [5.74, 6) is 0. The normalized spacial score (nSPS) is 19.7. The highest BCUT2D eigenvalue weighted by Gasteiger charge is 2.34. The van der Waals surface area contributed by atoms with Crippen LogP contribution in [0.3, 0.4) is 0 Å². The van der Waals surface area contributed by atoms with Gasteiger partial charge in [0, 0.05) is 5.69 Å². The predicted octanol–water partition coefficient (Wildman–Crippen LogP) is 2.67. The van der Waals surface area contributed by atoms with Gasteiger partial charge in [-0.1, -0.05) is 37.5 Å². The molecule has 1 aromatic rings. The number of para-hydroxylation sites is 1. The molecular weight excluding hydrogens is 186 g/mol. The van der Waals surface area contributed by atoms with E-state index in [1.54, 1.807) is 0 Å². The van der Waals surface area contributed by atoms with Crippen molar-refractivity contribution < 1.29 is 4.79 Å². The number of benzene rings is 1. The first-order chi connectivity index (χ1) is 7.28. The van der Waals surface area contributed by atoms with Crippen LogP contribution < -0.4 is 5.73 Å². The first-order valence-electron chi connectivity index (χ1n) is 5.60. The van der Waals surface area contributed by atoms with Crippen molar-refractivity contribution in [3.05, 3.63) is 29.8 Å². The van der Waals surface area contributed by atoms with E-state index in [0.717, 1.165) is 43.2 Å². The van der Waals surface area contributed by atoms with E-state index in [2.05, 4.69) is 0 Å². The monoisotopic (exact) mass is 203 g/mol. The molecule has 2 nitrogen and oxygen atoms in total. The fourth-order valence-corrected chi connectivity index (χ4v) is 2.58. The van der Waals surface area contributed by atoms with Gasteiger partial charge in [-0.15, -0.1) is 0 Å². The lowest BCUT2D eigenvalue weighted by atomic mass is 9.70. The number of anilines is 1. The average molecular weight is 203 g/mol. The summed E-state index contributed by atoms with van der Waals surface area (Å²) in [5, 5.41) is 0. The highest BCUT2D eigenvalue weighted by molar-refractivity contribution is 5.73. The Morgan fingerprint density at radius 3 is 2.40 bits per heavy atom. The Bertz CT molecular complexity index is 353. The molecule has 80 valence electrons. The SMILES string of the molecule is Nc1ccccc1C1(C=O)CCCCC1. The van der Waals surface area contributed by atoms with Gasteiger partial charge in [0.1, 0.15) is 6.29 Å². The molecule has 2 N–H and O–H groups in total. The number of nitrogen functional groups attached to an aromatic ring is 1. The molecule has 0 atom stereocenters. The third kappa shape index (κ3) is 1.76. The molecule has 0 bridgehead atoms. The minimum absolute atomic E-state index is 0.302. The van der Waals surface area contributed by atoms with E-state index in [1.165, 1.54) is 6.42 Å². The second-order valence-corrected chi connectivity index (χ2v) is 4.42. The first-order valence-corrected chi connectivity index (χ1v) is 5.60. The minimum Gasteiger partial charge on any atom is -0.398 e. The molecule has 0 amide bonds. The Kier molecular flexibility index (Phi) is 2.76. The van der Waals surface area contributed by atoms with Crippen LogP contribution in [0, 0.1) is 0 Å². The number of nitrogens with two attached hydrogens (primary N) is 1. The summed E-state index contributed by atoms with van der Waals surface area (Å²) in [6.07, 6.45) is 6.51. The van der Waals surface area contributed by atoms with Gasteiger partial charge in [-0.2, -0.15) is 0 Å². The average Bonchev–Trinajstić information content (AvgIpc) is 2.30. The zero-order valence-electron chi connectivity index (χ0n) is 8.91. The van der Waals surface area contributed by atoms with Gasteiger partial charge >= 0.3 is 0 Å². The number of carbonyl (C=O) groups is 1. The molecule has 2 rings (SSSR count). The second-order valence-electron chi connectivity index (χ2n) is 4.42. The molecule has 0 spiro atoms. The van der Waals surface area contributed by atoms with Gasteiger partial charge in [0.05, 0.1) is 5.41 Å². The van der Waals surface area contributed by atoms with E-state index in [9.17, 15) is 4.79 Å². The molecule has 15 heavy (non-hydrogen) atoms. The molecule has 0 aromatic heterocycles. The van der Waals surface area contributed by atoms with Crippen LogP contribution in [0.5, 0.6) is 0 Å². The van der Waals surface area contributed by atoms with Crippen LogP contribution >= 0.6 is 0 Å². The largest absolute Gasteiger partial charge is 0.398 e. The Balaban J connectivity index is 2.41. The third-order valence-corrected chi connectivity index (χ3v) is 3.47. The van der Waals surface area contributed by atoms with Gasteiger partial charge in [-0.05, 0) is 24.5 Å². The maximum atomic E-state index is 11.4. The number of hydrogen-bond acceptors (Lipinski definition) is 2. The van der Waals surface area contributed by atoms with Gasteiger partial charge in [-0.3, -0.25) is 0 Å². The fourth-order valence-electron chi connectivity index (χ4n) is 2.58. The summed E-state index contributed by atoms with van der Waals surface area (Å²) in [6.45, 7) is 0. The second kappa shape index (κ2) is 4.05. The Labute approximate surface area is 90.5 Å². The predicted molar refractivity (Wildman–Crippen MR) is 61.7 cm³/mol. The first kappa shape index (κ1) is 10.2. The van der Waals surface area contributed by atoms with Crippen molar-refractivity contribution in [2.24, 2.45) is 0 Å². The third-order valence-electron chi connectivity index (χ3n) is 3.47. The quantitative estimate of drug-likeness (QED) is 0.593. The van der Waals surface area contributed by atoms with Gasteiger partial charge < -0.3 is 10.5 Å². The summed E-state index contributed by atoms with van der Waals surface area (Å²) in [6, 6.07) is 7.76. The summed E-state index contributed by atoms with van der Waals surface area (Å²) in [7, 11) is 0. The molecule has 0 radical (unpaired) electrons. The lowest BCUT2D eigenvalue weighted by molar-refractivity contribution is -0.113. The molecule has 1 aliphatic carbocycles. The molecule has 1 aliphatic rings. The van der Waals surface area contributed by atoms with Crippen LogP contribution in [-0.2, 0) is 10.2 Å². The van der Waals surface area contributed by atoms with Crippen LogP contribution in [0.25, 0.3) is 0 Å². The highest BCUT2D eigenvalue weighted by Crippen LogP contribution is 2.39. The van der Waals surface area contributed by atoms with Crippen LogP contribution in [0.4, 0.5) is 5.69 Å². The van der Waals surface area contributed by atoms with E-state index in [0.29, 0.717) is 0 Å². The van der Waals surface area contributed by atoms with Crippen molar-refractivity contribution in [3.63, 3.8) is 0 Å². The maximum Gasteiger partial charge on any atom is 0.130 e. The fraction of sp³-hybridized carbons (Fsp3) is 0.462. The number of hydrogen-bond donors (Lipinski definition) is 1. The molecule has 0 unspecified atom stereocenters. The minimum atomic E-state index is -0.302.